The van der Waals surface area contributed by atoms with E-state index in [-0.39, 0.29) is 0 Å². The average Bonchev–Trinajstić information content (AvgIpc) is 2.49. The fourth-order valence-electron chi connectivity index (χ4n) is 1.47. The van der Waals surface area contributed by atoms with E-state index in [9.17, 15) is 5.11 Å². The number of methoxy groups -OCH3 is 1. The standard InChI is InChI=1S/C11H19NO2S/c1-5-6-8-10(11(2,3)13)15-9(12-8)7-14-4/h13H,5-7H2,1-4H3. The van der Waals surface area contributed by atoms with E-state index in [1.807, 2.05) is 0 Å². The largest absolute Gasteiger partial charge is 0.385 e. The quantitative estimate of drug-likeness (QED) is 0.843. The smallest absolute Gasteiger partial charge is 0.119 e. The second-order valence-electron chi connectivity index (χ2n) is 4.13. The molecule has 15 heavy (non-hydrogen) atoms. The topological polar surface area (TPSA) is 42.4 Å². The van der Waals surface area contributed by atoms with Crippen molar-refractivity contribution < 1.29 is 9.84 Å². The molecule has 0 fully saturated rings. The highest BCUT2D eigenvalue weighted by atomic mass is 32.1. The number of ether oxygens (including phenoxy) is 1. The zero-order valence-electron chi connectivity index (χ0n) is 9.83. The molecule has 1 N–H and O–H groups in total. The maximum absolute atomic E-state index is 10.0. The molecule has 0 aliphatic carbocycles. The number of aliphatic hydroxyl groups is 1. The zero-order chi connectivity index (χ0) is 11.5. The molecule has 0 aliphatic heterocycles. The Hall–Kier alpha value is -0.450. The van der Waals surface area contributed by atoms with Gasteiger partial charge in [-0.05, 0) is 20.3 Å². The fourth-order valence-corrected chi connectivity index (χ4v) is 2.55. The molecular weight excluding hydrogens is 210 g/mol. The first-order valence-electron chi connectivity index (χ1n) is 5.19. The molecule has 4 heteroatoms. The summed E-state index contributed by atoms with van der Waals surface area (Å²) in [4.78, 5) is 5.46. The molecule has 0 unspecified atom stereocenters. The number of aromatic nitrogens is 1. The van der Waals surface area contributed by atoms with Crippen LogP contribution in [0.15, 0.2) is 0 Å². The highest BCUT2D eigenvalue weighted by Crippen LogP contribution is 2.30. The summed E-state index contributed by atoms with van der Waals surface area (Å²) in [5.41, 5.74) is 0.218. The molecule has 0 saturated carbocycles. The molecule has 0 aliphatic rings. The van der Waals surface area contributed by atoms with Crippen LogP contribution in [0.4, 0.5) is 0 Å². The predicted octanol–water partition coefficient (Wildman–Crippen LogP) is 2.47. The van der Waals surface area contributed by atoms with Gasteiger partial charge in [0.05, 0.1) is 22.8 Å². The molecule has 0 radical (unpaired) electrons. The fraction of sp³-hybridized carbons (Fsp3) is 0.727. The Morgan fingerprint density at radius 1 is 1.47 bits per heavy atom. The van der Waals surface area contributed by atoms with E-state index in [4.69, 9.17) is 4.74 Å². The summed E-state index contributed by atoms with van der Waals surface area (Å²) in [7, 11) is 1.66. The zero-order valence-corrected chi connectivity index (χ0v) is 10.6. The van der Waals surface area contributed by atoms with Gasteiger partial charge < -0.3 is 9.84 Å². The van der Waals surface area contributed by atoms with Gasteiger partial charge in [0.15, 0.2) is 0 Å². The third kappa shape index (κ3) is 3.26. The minimum Gasteiger partial charge on any atom is -0.385 e. The van der Waals surface area contributed by atoms with Crippen molar-refractivity contribution >= 4 is 11.3 Å². The van der Waals surface area contributed by atoms with Crippen LogP contribution in [-0.4, -0.2) is 17.2 Å². The van der Waals surface area contributed by atoms with Gasteiger partial charge in [-0.2, -0.15) is 0 Å². The average molecular weight is 229 g/mol. The highest BCUT2D eigenvalue weighted by molar-refractivity contribution is 7.11. The Balaban J connectivity index is 3.00. The van der Waals surface area contributed by atoms with E-state index in [1.165, 1.54) is 0 Å². The van der Waals surface area contributed by atoms with Crippen molar-refractivity contribution in [2.45, 2.75) is 45.8 Å². The molecule has 1 aromatic rings. The van der Waals surface area contributed by atoms with Crippen LogP contribution in [0, 0.1) is 0 Å². The van der Waals surface area contributed by atoms with E-state index in [0.717, 1.165) is 28.4 Å². The maximum atomic E-state index is 10.0. The molecule has 1 heterocycles. The van der Waals surface area contributed by atoms with Crippen molar-refractivity contribution in [2.75, 3.05) is 7.11 Å². The van der Waals surface area contributed by atoms with Crippen LogP contribution in [0.1, 0.15) is 42.8 Å². The normalized spacial score (nSPS) is 12.1. The molecule has 0 atom stereocenters. The van der Waals surface area contributed by atoms with E-state index in [2.05, 4.69) is 11.9 Å². The summed E-state index contributed by atoms with van der Waals surface area (Å²) in [6.07, 6.45) is 1.96. The third-order valence-corrected chi connectivity index (χ3v) is 3.44. The van der Waals surface area contributed by atoms with E-state index < -0.39 is 5.60 Å². The van der Waals surface area contributed by atoms with Gasteiger partial charge in [0.25, 0.3) is 0 Å². The minimum atomic E-state index is -0.797. The van der Waals surface area contributed by atoms with Crippen molar-refractivity contribution in [1.82, 2.24) is 4.98 Å². The number of aryl methyl sites for hydroxylation is 1. The summed E-state index contributed by atoms with van der Waals surface area (Å²) in [6, 6.07) is 0. The summed E-state index contributed by atoms with van der Waals surface area (Å²) < 4.78 is 5.05. The lowest BCUT2D eigenvalue weighted by Gasteiger charge is -2.16. The molecule has 0 saturated heterocycles. The van der Waals surface area contributed by atoms with Crippen molar-refractivity contribution in [3.63, 3.8) is 0 Å². The van der Waals surface area contributed by atoms with Gasteiger partial charge in [0, 0.05) is 7.11 Å². The van der Waals surface area contributed by atoms with Crippen molar-refractivity contribution in [3.05, 3.63) is 15.6 Å². The molecule has 0 spiro atoms. The van der Waals surface area contributed by atoms with Crippen molar-refractivity contribution in [1.29, 1.82) is 0 Å². The number of thiazole rings is 1. The van der Waals surface area contributed by atoms with Crippen LogP contribution < -0.4 is 0 Å². The molecule has 86 valence electrons. The van der Waals surface area contributed by atoms with Crippen LogP contribution in [0.25, 0.3) is 0 Å². The summed E-state index contributed by atoms with van der Waals surface area (Å²) in [5.74, 6) is 0. The predicted molar refractivity (Wildman–Crippen MR) is 62.1 cm³/mol. The van der Waals surface area contributed by atoms with Crippen LogP contribution in [-0.2, 0) is 23.4 Å². The van der Waals surface area contributed by atoms with Gasteiger partial charge in [-0.25, -0.2) is 4.98 Å². The number of nitrogens with zero attached hydrogens (tertiary/aromatic N) is 1. The summed E-state index contributed by atoms with van der Waals surface area (Å²) in [5, 5.41) is 11.0. The molecule has 0 aromatic carbocycles. The van der Waals surface area contributed by atoms with Gasteiger partial charge >= 0.3 is 0 Å². The van der Waals surface area contributed by atoms with E-state index in [0.29, 0.717) is 6.61 Å². The van der Waals surface area contributed by atoms with Crippen molar-refractivity contribution in [2.24, 2.45) is 0 Å². The Morgan fingerprint density at radius 3 is 2.60 bits per heavy atom. The van der Waals surface area contributed by atoms with E-state index >= 15 is 0 Å². The first-order chi connectivity index (χ1) is 6.99. The summed E-state index contributed by atoms with van der Waals surface area (Å²) >= 11 is 1.54. The molecular formula is C11H19NO2S. The van der Waals surface area contributed by atoms with Gasteiger partial charge in [0.1, 0.15) is 5.01 Å². The lowest BCUT2D eigenvalue weighted by atomic mass is 10.0. The van der Waals surface area contributed by atoms with E-state index in [1.54, 1.807) is 32.3 Å². The van der Waals surface area contributed by atoms with Gasteiger partial charge in [-0.1, -0.05) is 13.3 Å². The van der Waals surface area contributed by atoms with Gasteiger partial charge in [-0.3, -0.25) is 0 Å². The van der Waals surface area contributed by atoms with Crippen LogP contribution in [0.2, 0.25) is 0 Å². The SMILES string of the molecule is CCCc1nc(COC)sc1C(C)(C)O. The van der Waals surface area contributed by atoms with Gasteiger partial charge in [-0.15, -0.1) is 11.3 Å². The third-order valence-electron chi connectivity index (χ3n) is 2.05. The lowest BCUT2D eigenvalue weighted by Crippen LogP contribution is -2.15. The number of hydrogen-bond donors (Lipinski definition) is 1. The highest BCUT2D eigenvalue weighted by Gasteiger charge is 2.24. The van der Waals surface area contributed by atoms with Gasteiger partial charge in [0.2, 0.25) is 0 Å². The molecule has 0 bridgehead atoms. The Labute approximate surface area is 95.1 Å². The monoisotopic (exact) mass is 229 g/mol. The summed E-state index contributed by atoms with van der Waals surface area (Å²) in [6.45, 7) is 6.24. The first-order valence-corrected chi connectivity index (χ1v) is 6.01. The molecule has 1 aromatic heterocycles. The number of rotatable bonds is 5. The minimum absolute atomic E-state index is 0.525. The van der Waals surface area contributed by atoms with Crippen LogP contribution >= 0.6 is 11.3 Å². The molecule has 1 rings (SSSR count). The number of hydrogen-bond acceptors (Lipinski definition) is 4. The lowest BCUT2D eigenvalue weighted by molar-refractivity contribution is 0.0813. The Kier molecular flexibility index (Phi) is 4.25. The first kappa shape index (κ1) is 12.6. The second-order valence-corrected chi connectivity index (χ2v) is 5.21. The van der Waals surface area contributed by atoms with Crippen LogP contribution in [0.5, 0.6) is 0 Å². The Morgan fingerprint density at radius 2 is 2.13 bits per heavy atom. The van der Waals surface area contributed by atoms with Crippen molar-refractivity contribution in [3.8, 4) is 0 Å². The molecule has 0 amide bonds. The van der Waals surface area contributed by atoms with Crippen LogP contribution in [0.3, 0.4) is 0 Å². The molecule has 3 nitrogen and oxygen atoms in total. The Bertz CT molecular complexity index is 315. The maximum Gasteiger partial charge on any atom is 0.119 e. The second kappa shape index (κ2) is 5.05.